The molecule has 0 amide bonds. The molecule has 0 aromatic carbocycles. The maximum absolute atomic E-state index is 12.2. The maximum atomic E-state index is 12.2. The van der Waals surface area contributed by atoms with Crippen molar-refractivity contribution < 1.29 is 18.3 Å². The van der Waals surface area contributed by atoms with E-state index < -0.39 is 18.0 Å². The standard InChI is InChI=1S/C6H10F2O2/c1-4-5(2,3)10-6(7,8)9-4/h4H,1-3H3. The second kappa shape index (κ2) is 1.89. The van der Waals surface area contributed by atoms with Crippen LogP contribution in [0.3, 0.4) is 0 Å². The summed E-state index contributed by atoms with van der Waals surface area (Å²) < 4.78 is 33.0. The first-order valence-electron chi connectivity index (χ1n) is 3.09. The fraction of sp³-hybridized carbons (Fsp3) is 1.00. The molecule has 1 unspecified atom stereocenters. The van der Waals surface area contributed by atoms with Gasteiger partial charge < -0.3 is 0 Å². The predicted molar refractivity (Wildman–Crippen MR) is 30.7 cm³/mol. The molecule has 0 bridgehead atoms. The smallest absolute Gasteiger partial charge is 0.290 e. The fourth-order valence-corrected chi connectivity index (χ4v) is 0.761. The van der Waals surface area contributed by atoms with Crippen LogP contribution < -0.4 is 0 Å². The van der Waals surface area contributed by atoms with Crippen molar-refractivity contribution >= 4 is 0 Å². The van der Waals surface area contributed by atoms with Gasteiger partial charge in [-0.15, -0.1) is 8.78 Å². The fourth-order valence-electron chi connectivity index (χ4n) is 0.761. The van der Waals surface area contributed by atoms with E-state index in [2.05, 4.69) is 9.47 Å². The largest absolute Gasteiger partial charge is 0.486 e. The van der Waals surface area contributed by atoms with Crippen molar-refractivity contribution in [3.8, 4) is 0 Å². The molecule has 0 radical (unpaired) electrons. The van der Waals surface area contributed by atoms with Crippen LogP contribution in [0.2, 0.25) is 0 Å². The third-order valence-electron chi connectivity index (χ3n) is 1.67. The van der Waals surface area contributed by atoms with Gasteiger partial charge in [0.2, 0.25) is 0 Å². The topological polar surface area (TPSA) is 18.5 Å². The summed E-state index contributed by atoms with van der Waals surface area (Å²) in [5.74, 6) is 0. The van der Waals surface area contributed by atoms with Crippen molar-refractivity contribution in [3.05, 3.63) is 0 Å². The molecule has 1 aliphatic rings. The van der Waals surface area contributed by atoms with E-state index in [0.717, 1.165) is 0 Å². The van der Waals surface area contributed by atoms with E-state index in [1.807, 2.05) is 0 Å². The van der Waals surface area contributed by atoms with E-state index in [0.29, 0.717) is 0 Å². The van der Waals surface area contributed by atoms with Gasteiger partial charge in [-0.1, -0.05) is 0 Å². The zero-order valence-electron chi connectivity index (χ0n) is 6.15. The third kappa shape index (κ3) is 1.27. The number of hydrogen-bond acceptors (Lipinski definition) is 2. The Bertz CT molecular complexity index is 145. The van der Waals surface area contributed by atoms with Crippen LogP contribution >= 0.6 is 0 Å². The van der Waals surface area contributed by atoms with Crippen molar-refractivity contribution in [2.75, 3.05) is 0 Å². The van der Waals surface area contributed by atoms with Crippen molar-refractivity contribution in [2.45, 2.75) is 38.8 Å². The van der Waals surface area contributed by atoms with Gasteiger partial charge in [-0.05, 0) is 20.8 Å². The Labute approximate surface area is 58.1 Å². The first-order valence-corrected chi connectivity index (χ1v) is 3.09. The maximum Gasteiger partial charge on any atom is 0.486 e. The molecule has 2 nitrogen and oxygen atoms in total. The lowest BCUT2D eigenvalue weighted by molar-refractivity contribution is -0.356. The van der Waals surface area contributed by atoms with E-state index in [1.165, 1.54) is 0 Å². The van der Waals surface area contributed by atoms with Gasteiger partial charge in [-0.3, -0.25) is 9.47 Å². The predicted octanol–water partition coefficient (Wildman–Crippen LogP) is 1.75. The number of alkyl halides is 2. The summed E-state index contributed by atoms with van der Waals surface area (Å²) in [5.41, 5.74) is -0.885. The summed E-state index contributed by atoms with van der Waals surface area (Å²) in [5, 5.41) is 0. The Kier molecular flexibility index (Phi) is 1.49. The van der Waals surface area contributed by atoms with Crippen LogP contribution in [-0.2, 0) is 9.47 Å². The van der Waals surface area contributed by atoms with Gasteiger partial charge in [0.25, 0.3) is 0 Å². The van der Waals surface area contributed by atoms with Crippen LogP contribution in [0.4, 0.5) is 8.78 Å². The van der Waals surface area contributed by atoms with Gasteiger partial charge in [0, 0.05) is 0 Å². The average molecular weight is 152 g/mol. The van der Waals surface area contributed by atoms with Gasteiger partial charge in [0.1, 0.15) is 0 Å². The minimum Gasteiger partial charge on any atom is -0.290 e. The van der Waals surface area contributed by atoms with Gasteiger partial charge in [-0.2, -0.15) is 0 Å². The van der Waals surface area contributed by atoms with Crippen LogP contribution in [0.15, 0.2) is 0 Å². The Morgan fingerprint density at radius 1 is 1.30 bits per heavy atom. The zero-order chi connectivity index (χ0) is 7.99. The Morgan fingerprint density at radius 3 is 1.90 bits per heavy atom. The molecule has 4 heteroatoms. The first-order chi connectivity index (χ1) is 4.33. The Balaban J connectivity index is 2.71. The van der Waals surface area contributed by atoms with E-state index in [-0.39, 0.29) is 0 Å². The summed E-state index contributed by atoms with van der Waals surface area (Å²) in [4.78, 5) is 0. The summed E-state index contributed by atoms with van der Waals surface area (Å²) in [6.45, 7) is 4.69. The van der Waals surface area contributed by atoms with Gasteiger partial charge in [0.15, 0.2) is 0 Å². The van der Waals surface area contributed by atoms with Gasteiger partial charge in [0.05, 0.1) is 11.7 Å². The molecule has 0 saturated carbocycles. The monoisotopic (exact) mass is 152 g/mol. The van der Waals surface area contributed by atoms with E-state index in [4.69, 9.17) is 0 Å². The zero-order valence-corrected chi connectivity index (χ0v) is 6.15. The highest BCUT2D eigenvalue weighted by Crippen LogP contribution is 2.37. The molecule has 0 aromatic heterocycles. The second-order valence-corrected chi connectivity index (χ2v) is 2.93. The highest BCUT2D eigenvalue weighted by molar-refractivity contribution is 4.82. The van der Waals surface area contributed by atoms with Crippen LogP contribution in [0.5, 0.6) is 0 Å². The quantitative estimate of drug-likeness (QED) is 0.526. The van der Waals surface area contributed by atoms with Crippen molar-refractivity contribution in [1.29, 1.82) is 0 Å². The van der Waals surface area contributed by atoms with E-state index in [1.54, 1.807) is 20.8 Å². The molecule has 0 aliphatic carbocycles. The summed E-state index contributed by atoms with van der Waals surface area (Å²) in [6.07, 6.45) is -3.97. The Morgan fingerprint density at radius 2 is 1.80 bits per heavy atom. The number of hydrogen-bond donors (Lipinski definition) is 0. The lowest BCUT2D eigenvalue weighted by Gasteiger charge is -2.18. The second-order valence-electron chi connectivity index (χ2n) is 2.93. The van der Waals surface area contributed by atoms with Crippen LogP contribution in [0.25, 0.3) is 0 Å². The van der Waals surface area contributed by atoms with E-state index >= 15 is 0 Å². The molecule has 0 spiro atoms. The van der Waals surface area contributed by atoms with Crippen molar-refractivity contribution in [3.63, 3.8) is 0 Å². The van der Waals surface area contributed by atoms with E-state index in [9.17, 15) is 8.78 Å². The molecule has 60 valence electrons. The molecule has 1 rings (SSSR count). The molecule has 1 aliphatic heterocycles. The van der Waals surface area contributed by atoms with Crippen molar-refractivity contribution in [1.82, 2.24) is 0 Å². The van der Waals surface area contributed by atoms with Crippen molar-refractivity contribution in [2.24, 2.45) is 0 Å². The van der Waals surface area contributed by atoms with Crippen LogP contribution in [0, 0.1) is 0 Å². The minimum atomic E-state index is -3.40. The molecule has 1 saturated heterocycles. The molecule has 10 heavy (non-hydrogen) atoms. The minimum absolute atomic E-state index is 0.567. The SMILES string of the molecule is CC1OC(F)(F)OC1(C)C. The summed E-state index contributed by atoms with van der Waals surface area (Å²) in [7, 11) is 0. The van der Waals surface area contributed by atoms with Gasteiger partial charge in [-0.25, -0.2) is 0 Å². The highest BCUT2D eigenvalue weighted by atomic mass is 19.3. The molecule has 1 fully saturated rings. The lowest BCUT2D eigenvalue weighted by atomic mass is 10.0. The molecule has 1 heterocycles. The molecule has 0 N–H and O–H groups in total. The first kappa shape index (κ1) is 7.88. The number of ether oxygens (including phenoxy) is 2. The highest BCUT2D eigenvalue weighted by Gasteiger charge is 2.52. The molecule has 1 atom stereocenters. The molecular formula is C6H10F2O2. The molecule has 0 aromatic rings. The Hall–Kier alpha value is -0.220. The third-order valence-corrected chi connectivity index (χ3v) is 1.67. The summed E-state index contributed by atoms with van der Waals surface area (Å²) in [6, 6.07) is 0. The normalized spacial score (nSPS) is 36.3. The van der Waals surface area contributed by atoms with Gasteiger partial charge >= 0.3 is 6.29 Å². The molecular weight excluding hydrogens is 142 g/mol. The average Bonchev–Trinajstić information content (AvgIpc) is 1.73. The number of halogens is 2. The summed E-state index contributed by atoms with van der Waals surface area (Å²) >= 11 is 0. The van der Waals surface area contributed by atoms with Crippen LogP contribution in [-0.4, -0.2) is 18.0 Å². The number of rotatable bonds is 0. The lowest BCUT2D eigenvalue weighted by Crippen LogP contribution is -2.30. The van der Waals surface area contributed by atoms with Crippen LogP contribution in [0.1, 0.15) is 20.8 Å².